The molecule has 152 valence electrons. The molecule has 1 fully saturated rings. The zero-order valence-electron chi connectivity index (χ0n) is 15.3. The van der Waals surface area contributed by atoms with Gasteiger partial charge in [0.2, 0.25) is 0 Å². The second-order valence-corrected chi connectivity index (χ2v) is 8.89. The third-order valence-corrected chi connectivity index (χ3v) is 6.19. The van der Waals surface area contributed by atoms with Crippen molar-refractivity contribution in [2.24, 2.45) is 7.05 Å². The Morgan fingerprint density at radius 1 is 1.43 bits per heavy atom. The van der Waals surface area contributed by atoms with Crippen molar-refractivity contribution in [3.05, 3.63) is 46.8 Å². The summed E-state index contributed by atoms with van der Waals surface area (Å²) in [5.74, 6) is -4.17. The van der Waals surface area contributed by atoms with Gasteiger partial charge in [0.15, 0.2) is 11.6 Å². The number of carbonyl (C=O) groups is 1. The number of nitrogens with zero attached hydrogens (tertiary/aromatic N) is 2. The fraction of sp³-hybridized carbons (Fsp3) is 0.444. The van der Waals surface area contributed by atoms with Crippen molar-refractivity contribution in [1.29, 1.82) is 0 Å². The van der Waals surface area contributed by atoms with Gasteiger partial charge in [-0.2, -0.15) is 0 Å². The lowest BCUT2D eigenvalue weighted by Gasteiger charge is -2.44. The normalized spacial score (nSPS) is 18.5. The van der Waals surface area contributed by atoms with Gasteiger partial charge < -0.3 is 4.57 Å². The maximum atomic E-state index is 14.8. The summed E-state index contributed by atoms with van der Waals surface area (Å²) in [5, 5.41) is 0.300. The minimum absolute atomic E-state index is 0.0263. The third kappa shape index (κ3) is 4.47. The average Bonchev–Trinajstić information content (AvgIpc) is 2.85. The van der Waals surface area contributed by atoms with Crippen LogP contribution in [0.25, 0.3) is 0 Å². The monoisotopic (exact) mass is 433 g/mol. The smallest absolute Gasteiger partial charge is 0.251 e. The quantitative estimate of drug-likeness (QED) is 0.533. The number of hydrogen-bond acceptors (Lipinski definition) is 3. The lowest BCUT2D eigenvalue weighted by Crippen LogP contribution is -2.59. The topological polar surface area (TPSA) is 64.0 Å². The van der Waals surface area contributed by atoms with Gasteiger partial charge in [-0.3, -0.25) is 4.79 Å². The maximum absolute atomic E-state index is 14.8. The molecule has 0 aromatic carbocycles. The van der Waals surface area contributed by atoms with Gasteiger partial charge in [0.25, 0.3) is 5.92 Å². The number of pyridine rings is 1. The van der Waals surface area contributed by atoms with Crippen LogP contribution in [-0.4, -0.2) is 31.0 Å². The molecule has 5 nitrogen and oxygen atoms in total. The number of aromatic nitrogens is 2. The van der Waals surface area contributed by atoms with Crippen LogP contribution in [0.3, 0.4) is 0 Å². The molecule has 1 N–H and O–H groups in total. The minimum atomic E-state index is -2.81. The second-order valence-electron chi connectivity index (χ2n) is 7.32. The Balaban J connectivity index is 1.70. The Hall–Kier alpha value is -1.71. The molecule has 0 radical (unpaired) electrons. The van der Waals surface area contributed by atoms with E-state index >= 15 is 0 Å². The highest BCUT2D eigenvalue weighted by molar-refractivity contribution is 7.83. The number of carbonyl (C=O) groups excluding carboxylic acids is 1. The number of nitrogens with one attached hydrogen (secondary N) is 1. The zero-order chi connectivity index (χ0) is 20.7. The molecule has 0 bridgehead atoms. The van der Waals surface area contributed by atoms with Gasteiger partial charge >= 0.3 is 0 Å². The van der Waals surface area contributed by atoms with Crippen LogP contribution in [0.1, 0.15) is 42.2 Å². The van der Waals surface area contributed by atoms with Crippen LogP contribution in [0.5, 0.6) is 0 Å². The van der Waals surface area contributed by atoms with Crippen LogP contribution < -0.4 is 4.72 Å². The van der Waals surface area contributed by atoms with Crippen molar-refractivity contribution in [3.8, 4) is 0 Å². The van der Waals surface area contributed by atoms with Gasteiger partial charge in [0.1, 0.15) is 26.7 Å². The molecule has 3 rings (SSSR count). The highest BCUT2D eigenvalue weighted by Gasteiger charge is 2.54. The van der Waals surface area contributed by atoms with Crippen LogP contribution >= 0.6 is 11.6 Å². The molecule has 1 aliphatic carbocycles. The van der Waals surface area contributed by atoms with Gasteiger partial charge in [-0.1, -0.05) is 11.6 Å². The summed E-state index contributed by atoms with van der Waals surface area (Å²) in [6.45, 7) is 1.51. The van der Waals surface area contributed by atoms with Crippen molar-refractivity contribution in [1.82, 2.24) is 14.3 Å². The summed E-state index contributed by atoms with van der Waals surface area (Å²) in [7, 11) is -0.581. The summed E-state index contributed by atoms with van der Waals surface area (Å²) in [5.41, 5.74) is -0.455. The van der Waals surface area contributed by atoms with Crippen molar-refractivity contribution < 1.29 is 22.2 Å². The van der Waals surface area contributed by atoms with Crippen molar-refractivity contribution in [2.45, 2.75) is 49.0 Å². The van der Waals surface area contributed by atoms with Crippen LogP contribution in [0.4, 0.5) is 13.2 Å². The van der Waals surface area contributed by atoms with Gasteiger partial charge in [-0.15, -0.1) is 0 Å². The molecule has 1 unspecified atom stereocenters. The molecular formula is C18H19ClF3N3O2S. The van der Waals surface area contributed by atoms with Crippen molar-refractivity contribution in [2.75, 3.05) is 0 Å². The Bertz CT molecular complexity index is 940. The van der Waals surface area contributed by atoms with Gasteiger partial charge in [-0.25, -0.2) is 27.1 Å². The number of aryl methyl sites for hydroxylation is 2. The fourth-order valence-electron chi connectivity index (χ4n) is 3.43. The van der Waals surface area contributed by atoms with Gasteiger partial charge in [0.05, 0.1) is 0 Å². The van der Waals surface area contributed by atoms with Crippen molar-refractivity contribution >= 4 is 28.4 Å². The van der Waals surface area contributed by atoms with Gasteiger partial charge in [0, 0.05) is 44.2 Å². The average molecular weight is 434 g/mol. The Kier molecular flexibility index (Phi) is 5.71. The maximum Gasteiger partial charge on any atom is 0.251 e. The molecule has 2 aromatic rings. The number of hydrogen-bond donors (Lipinski definition) is 1. The molecule has 0 amide bonds. The first-order valence-corrected chi connectivity index (χ1v) is 10.1. The van der Waals surface area contributed by atoms with Crippen LogP contribution in [-0.2, 0) is 24.5 Å². The number of alkyl halides is 2. The highest BCUT2D eigenvalue weighted by atomic mass is 35.5. The predicted octanol–water partition coefficient (Wildman–Crippen LogP) is 3.83. The molecule has 2 heterocycles. The lowest BCUT2D eigenvalue weighted by atomic mass is 9.76. The molecule has 10 heteroatoms. The summed E-state index contributed by atoms with van der Waals surface area (Å²) in [4.78, 5) is 16.1. The van der Waals surface area contributed by atoms with E-state index in [4.69, 9.17) is 11.6 Å². The summed E-state index contributed by atoms with van der Waals surface area (Å²) in [6.07, 6.45) is 2.19. The number of Topliss-reactive ketones (excluding diaryl/α,β-unsaturated/α-hetero) is 1. The first kappa shape index (κ1) is 21.0. The first-order chi connectivity index (χ1) is 13.0. The molecule has 28 heavy (non-hydrogen) atoms. The Morgan fingerprint density at radius 2 is 2.11 bits per heavy atom. The van der Waals surface area contributed by atoms with Gasteiger partial charge in [-0.05, 0) is 31.0 Å². The van der Waals surface area contributed by atoms with E-state index in [1.54, 1.807) is 12.1 Å². The number of halogens is 4. The molecule has 0 saturated heterocycles. The van der Waals surface area contributed by atoms with E-state index in [1.807, 2.05) is 0 Å². The van der Waals surface area contributed by atoms with Crippen LogP contribution in [0, 0.1) is 5.82 Å². The van der Waals surface area contributed by atoms with E-state index in [1.165, 1.54) is 30.9 Å². The molecule has 0 spiro atoms. The Morgan fingerprint density at radius 3 is 2.71 bits per heavy atom. The number of ketones is 1. The molecule has 1 atom stereocenters. The Labute approximate surface area is 167 Å². The molecular weight excluding hydrogens is 415 g/mol. The van der Waals surface area contributed by atoms with E-state index < -0.39 is 46.9 Å². The molecule has 2 aromatic heterocycles. The van der Waals surface area contributed by atoms with Crippen LogP contribution in [0.2, 0.25) is 5.15 Å². The van der Waals surface area contributed by atoms with E-state index in [0.29, 0.717) is 11.6 Å². The van der Waals surface area contributed by atoms with Crippen molar-refractivity contribution in [3.63, 3.8) is 0 Å². The largest absolute Gasteiger partial charge is 0.344 e. The van der Waals surface area contributed by atoms with E-state index in [0.717, 1.165) is 5.56 Å². The van der Waals surface area contributed by atoms with Crippen LogP contribution in [0.15, 0.2) is 29.4 Å². The summed E-state index contributed by atoms with van der Waals surface area (Å²) < 4.78 is 57.3. The van der Waals surface area contributed by atoms with E-state index in [9.17, 15) is 22.2 Å². The standard InChI is InChI=1S/C18H19ClF3N3O2S/c1-17(9-18(21,22)10-17)24-28(27)13-8-25(2)16(15(13)20)12(26)4-3-11-5-6-23-14(19)7-11/h5-8,24H,3-4,9-10H2,1-2H3. The minimum Gasteiger partial charge on any atom is -0.344 e. The SMILES string of the molecule is Cn1cc(S(=O)NC2(C)CC(F)(F)C2)c(F)c1C(=O)CCc1ccnc(Cl)c1. The first-order valence-electron chi connectivity index (χ1n) is 8.56. The highest BCUT2D eigenvalue weighted by Crippen LogP contribution is 2.45. The lowest BCUT2D eigenvalue weighted by molar-refractivity contribution is -0.120. The predicted molar refractivity (Wildman–Crippen MR) is 99.4 cm³/mol. The number of rotatable bonds is 7. The molecule has 1 aliphatic rings. The summed E-state index contributed by atoms with van der Waals surface area (Å²) in [6, 6.07) is 3.33. The fourth-order valence-corrected chi connectivity index (χ4v) is 4.84. The summed E-state index contributed by atoms with van der Waals surface area (Å²) >= 11 is 5.81. The molecule has 0 aliphatic heterocycles. The molecule has 1 saturated carbocycles. The zero-order valence-corrected chi connectivity index (χ0v) is 16.8. The van der Waals surface area contributed by atoms with E-state index in [-0.39, 0.29) is 17.0 Å². The third-order valence-electron chi connectivity index (χ3n) is 4.62. The van der Waals surface area contributed by atoms with E-state index in [2.05, 4.69) is 9.71 Å². The second kappa shape index (κ2) is 7.61.